The van der Waals surface area contributed by atoms with Crippen LogP contribution in [-0.4, -0.2) is 10.5 Å². The molecule has 0 aromatic carbocycles. The smallest absolute Gasteiger partial charge is 0.00170 e. The number of thiol groups is 2. The Morgan fingerprint density at radius 2 is 0.875 bits per heavy atom. The van der Waals surface area contributed by atoms with Crippen molar-refractivity contribution in [2.45, 2.75) is 74.7 Å². The summed E-state index contributed by atoms with van der Waals surface area (Å²) in [6.45, 7) is 0. The third-order valence-electron chi connectivity index (χ3n) is 4.62. The van der Waals surface area contributed by atoms with Crippen LogP contribution in [0.2, 0.25) is 0 Å². The summed E-state index contributed by atoms with van der Waals surface area (Å²) in [5, 5.41) is 1.41. The third kappa shape index (κ3) is 4.18. The van der Waals surface area contributed by atoms with E-state index in [-0.39, 0.29) is 0 Å². The van der Waals surface area contributed by atoms with E-state index in [1.807, 2.05) is 0 Å². The molecule has 0 amide bonds. The molecule has 2 aliphatic rings. The van der Waals surface area contributed by atoms with Crippen molar-refractivity contribution < 1.29 is 0 Å². The van der Waals surface area contributed by atoms with E-state index < -0.39 is 0 Å². The number of rotatable bonds is 3. The van der Waals surface area contributed by atoms with Gasteiger partial charge in [-0.05, 0) is 63.2 Å². The second-order valence-electron chi connectivity index (χ2n) is 5.93. The van der Waals surface area contributed by atoms with Gasteiger partial charge >= 0.3 is 0 Å². The summed E-state index contributed by atoms with van der Waals surface area (Å²) in [5.41, 5.74) is 0. The van der Waals surface area contributed by atoms with Crippen molar-refractivity contribution in [2.75, 3.05) is 0 Å². The van der Waals surface area contributed by atoms with Crippen molar-refractivity contribution in [3.8, 4) is 0 Å². The minimum absolute atomic E-state index is 0.705. The molecule has 16 heavy (non-hydrogen) atoms. The molecule has 0 heterocycles. The van der Waals surface area contributed by atoms with Gasteiger partial charge in [-0.15, -0.1) is 0 Å². The van der Waals surface area contributed by atoms with Crippen molar-refractivity contribution in [1.29, 1.82) is 0 Å². The van der Waals surface area contributed by atoms with Crippen LogP contribution in [0.1, 0.15) is 64.2 Å². The molecule has 0 saturated heterocycles. The average molecular weight is 258 g/mol. The fourth-order valence-corrected chi connectivity index (χ4v) is 3.93. The topological polar surface area (TPSA) is 0 Å². The molecule has 2 aliphatic carbocycles. The van der Waals surface area contributed by atoms with Crippen LogP contribution in [-0.2, 0) is 0 Å². The highest BCUT2D eigenvalue weighted by atomic mass is 32.1. The summed E-state index contributed by atoms with van der Waals surface area (Å²) in [5.74, 6) is 2.05. The second-order valence-corrected chi connectivity index (χ2v) is 7.39. The van der Waals surface area contributed by atoms with Gasteiger partial charge in [0.1, 0.15) is 0 Å². The van der Waals surface area contributed by atoms with Crippen LogP contribution >= 0.6 is 25.3 Å². The fraction of sp³-hybridized carbons (Fsp3) is 1.00. The molecule has 0 spiro atoms. The molecule has 0 nitrogen and oxygen atoms in total. The molecule has 0 radical (unpaired) electrons. The maximum absolute atomic E-state index is 4.57. The van der Waals surface area contributed by atoms with Crippen LogP contribution in [0.25, 0.3) is 0 Å². The lowest BCUT2D eigenvalue weighted by molar-refractivity contribution is 0.278. The van der Waals surface area contributed by atoms with Gasteiger partial charge in [-0.3, -0.25) is 0 Å². The largest absolute Gasteiger partial charge is 0.176 e. The van der Waals surface area contributed by atoms with E-state index in [9.17, 15) is 0 Å². The Labute approximate surface area is 112 Å². The lowest BCUT2D eigenvalue weighted by Gasteiger charge is -2.29. The van der Waals surface area contributed by atoms with Gasteiger partial charge in [0.05, 0.1) is 0 Å². The predicted octanol–water partition coefficient (Wildman–Crippen LogP) is 4.74. The first-order valence-electron chi connectivity index (χ1n) is 7.10. The molecule has 0 aromatic heterocycles. The fourth-order valence-electron chi connectivity index (χ4n) is 3.34. The van der Waals surface area contributed by atoms with Gasteiger partial charge in [0.2, 0.25) is 0 Å². The Bertz CT molecular complexity index is 167. The Balaban J connectivity index is 1.60. The van der Waals surface area contributed by atoms with E-state index >= 15 is 0 Å². The van der Waals surface area contributed by atoms with E-state index in [0.29, 0.717) is 10.5 Å². The summed E-state index contributed by atoms with van der Waals surface area (Å²) in [6.07, 6.45) is 14.2. The predicted molar refractivity (Wildman–Crippen MR) is 78.7 cm³/mol. The molecule has 0 unspecified atom stereocenters. The van der Waals surface area contributed by atoms with Gasteiger partial charge in [-0.2, -0.15) is 25.3 Å². The van der Waals surface area contributed by atoms with Crippen LogP contribution in [0.5, 0.6) is 0 Å². The molecular weight excluding hydrogens is 232 g/mol. The van der Waals surface area contributed by atoms with E-state index in [0.717, 1.165) is 11.8 Å². The Kier molecular flexibility index (Phi) is 5.41. The van der Waals surface area contributed by atoms with Crippen LogP contribution < -0.4 is 0 Å². The van der Waals surface area contributed by atoms with E-state index in [2.05, 4.69) is 25.3 Å². The maximum atomic E-state index is 4.57. The van der Waals surface area contributed by atoms with Gasteiger partial charge < -0.3 is 0 Å². The van der Waals surface area contributed by atoms with Crippen molar-refractivity contribution in [3.05, 3.63) is 0 Å². The Morgan fingerprint density at radius 1 is 0.562 bits per heavy atom. The molecule has 0 aliphatic heterocycles. The first-order valence-corrected chi connectivity index (χ1v) is 8.13. The van der Waals surface area contributed by atoms with Crippen molar-refractivity contribution in [1.82, 2.24) is 0 Å². The van der Waals surface area contributed by atoms with Gasteiger partial charge in [0.15, 0.2) is 0 Å². The normalized spacial score (nSPS) is 40.9. The first kappa shape index (κ1) is 13.1. The highest BCUT2D eigenvalue weighted by Gasteiger charge is 2.22. The number of hydrogen-bond donors (Lipinski definition) is 2. The summed E-state index contributed by atoms with van der Waals surface area (Å²) in [4.78, 5) is 0. The van der Waals surface area contributed by atoms with Crippen LogP contribution in [0.4, 0.5) is 0 Å². The Hall–Kier alpha value is 0.700. The first-order chi connectivity index (χ1) is 7.74. The van der Waals surface area contributed by atoms with Crippen LogP contribution in [0, 0.1) is 11.8 Å². The lowest BCUT2D eigenvalue weighted by Crippen LogP contribution is -2.18. The lowest BCUT2D eigenvalue weighted by atomic mass is 9.80. The van der Waals surface area contributed by atoms with Crippen LogP contribution in [0.3, 0.4) is 0 Å². The van der Waals surface area contributed by atoms with Gasteiger partial charge in [0.25, 0.3) is 0 Å². The van der Waals surface area contributed by atoms with Crippen molar-refractivity contribution in [3.63, 3.8) is 0 Å². The van der Waals surface area contributed by atoms with Crippen LogP contribution in [0.15, 0.2) is 0 Å². The molecule has 0 atom stereocenters. The zero-order valence-corrected chi connectivity index (χ0v) is 12.1. The molecule has 94 valence electrons. The summed E-state index contributed by atoms with van der Waals surface area (Å²) < 4.78 is 0. The van der Waals surface area contributed by atoms with E-state index in [1.165, 1.54) is 64.2 Å². The van der Waals surface area contributed by atoms with Crippen molar-refractivity contribution in [2.24, 2.45) is 11.8 Å². The standard InChI is InChI=1S/C14H26S2/c15-13-7-3-11(4-8-13)1-2-12-5-9-14(16)10-6-12/h11-16H,1-10H2. The van der Waals surface area contributed by atoms with E-state index in [4.69, 9.17) is 0 Å². The molecule has 0 aromatic rings. The molecular formula is C14H26S2. The molecule has 2 heteroatoms. The van der Waals surface area contributed by atoms with Gasteiger partial charge in [-0.1, -0.05) is 12.8 Å². The molecule has 2 fully saturated rings. The average Bonchev–Trinajstić information content (AvgIpc) is 2.30. The zero-order valence-electron chi connectivity index (χ0n) is 10.3. The highest BCUT2D eigenvalue weighted by Crippen LogP contribution is 2.35. The molecule has 0 N–H and O–H groups in total. The minimum atomic E-state index is 0.705. The minimum Gasteiger partial charge on any atom is -0.176 e. The third-order valence-corrected chi connectivity index (χ3v) is 5.65. The SMILES string of the molecule is SC1CCC(CCC2CCC(S)CC2)CC1. The highest BCUT2D eigenvalue weighted by molar-refractivity contribution is 7.81. The summed E-state index contributed by atoms with van der Waals surface area (Å²) in [7, 11) is 0. The quantitative estimate of drug-likeness (QED) is 0.671. The zero-order chi connectivity index (χ0) is 11.4. The van der Waals surface area contributed by atoms with Crippen molar-refractivity contribution >= 4 is 25.3 Å². The molecule has 0 bridgehead atoms. The summed E-state index contributed by atoms with van der Waals surface area (Å²) >= 11 is 9.15. The Morgan fingerprint density at radius 3 is 1.19 bits per heavy atom. The molecule has 2 saturated carbocycles. The number of hydrogen-bond acceptors (Lipinski definition) is 2. The second kappa shape index (κ2) is 6.58. The maximum Gasteiger partial charge on any atom is 0.00170 e. The van der Waals surface area contributed by atoms with Gasteiger partial charge in [-0.25, -0.2) is 0 Å². The van der Waals surface area contributed by atoms with Gasteiger partial charge in [0, 0.05) is 10.5 Å². The van der Waals surface area contributed by atoms with E-state index in [1.54, 1.807) is 0 Å². The monoisotopic (exact) mass is 258 g/mol. The molecule has 2 rings (SSSR count). The summed E-state index contributed by atoms with van der Waals surface area (Å²) in [6, 6.07) is 0.